The molecule has 3 rings (SSSR count). The first-order chi connectivity index (χ1) is 11.4. The number of β-amino-alcohol motifs (C(OH)–C–C–N with tert-alkyl or cyclic N) is 1. The summed E-state index contributed by atoms with van der Waals surface area (Å²) in [5.74, 6) is -1.28. The Balaban J connectivity index is 1.66. The van der Waals surface area contributed by atoms with Gasteiger partial charge in [-0.3, -0.25) is 9.48 Å². The van der Waals surface area contributed by atoms with E-state index in [1.54, 1.807) is 4.90 Å². The molecule has 126 valence electrons. The lowest BCUT2D eigenvalue weighted by atomic mass is 9.92. The summed E-state index contributed by atoms with van der Waals surface area (Å²) in [5.41, 5.74) is 0.914. The highest BCUT2D eigenvalue weighted by Gasteiger charge is 2.39. The Labute approximate surface area is 139 Å². The van der Waals surface area contributed by atoms with E-state index in [9.17, 15) is 14.7 Å². The lowest BCUT2D eigenvalue weighted by Crippen LogP contribution is -2.36. The minimum atomic E-state index is -1.08. The smallest absolute Gasteiger partial charge is 0.338 e. The Morgan fingerprint density at radius 1 is 1.29 bits per heavy atom. The summed E-state index contributed by atoms with van der Waals surface area (Å²) in [4.78, 5) is 24.8. The number of carbonyl (C=O) groups excluding carboxylic acids is 1. The number of nitrogens with zero attached hydrogens (tertiary/aromatic N) is 3. The first kappa shape index (κ1) is 16.2. The van der Waals surface area contributed by atoms with Gasteiger partial charge >= 0.3 is 5.97 Å². The number of carboxylic acids is 1. The molecule has 2 heterocycles. The van der Waals surface area contributed by atoms with Gasteiger partial charge in [0.15, 0.2) is 0 Å². The van der Waals surface area contributed by atoms with Crippen molar-refractivity contribution in [2.75, 3.05) is 13.1 Å². The highest BCUT2D eigenvalue weighted by Crippen LogP contribution is 2.32. The van der Waals surface area contributed by atoms with Crippen molar-refractivity contribution in [1.29, 1.82) is 0 Å². The van der Waals surface area contributed by atoms with Crippen molar-refractivity contribution in [3.05, 3.63) is 53.3 Å². The first-order valence-electron chi connectivity index (χ1n) is 7.70. The molecule has 1 aromatic heterocycles. The van der Waals surface area contributed by atoms with E-state index >= 15 is 0 Å². The van der Waals surface area contributed by atoms with Crippen LogP contribution in [0.2, 0.25) is 0 Å². The van der Waals surface area contributed by atoms with Crippen molar-refractivity contribution in [3.8, 4) is 0 Å². The third-order valence-electron chi connectivity index (χ3n) is 4.37. The molecule has 1 aliphatic rings. The molecular weight excluding hydrogens is 310 g/mol. The number of aromatic carboxylic acids is 1. The molecule has 1 aliphatic heterocycles. The van der Waals surface area contributed by atoms with Crippen LogP contribution in [0, 0.1) is 6.92 Å². The maximum absolute atomic E-state index is 12.4. The summed E-state index contributed by atoms with van der Waals surface area (Å²) in [6.45, 7) is 2.61. The van der Waals surface area contributed by atoms with E-state index in [4.69, 9.17) is 5.11 Å². The first-order valence-corrected chi connectivity index (χ1v) is 7.70. The van der Waals surface area contributed by atoms with E-state index in [-0.39, 0.29) is 24.6 Å². The molecule has 24 heavy (non-hydrogen) atoms. The molecule has 0 spiro atoms. The summed E-state index contributed by atoms with van der Waals surface area (Å²) in [6, 6.07) is 7.65. The monoisotopic (exact) mass is 329 g/mol. The molecule has 1 amide bonds. The highest BCUT2D eigenvalue weighted by molar-refractivity contribution is 5.87. The largest absolute Gasteiger partial charge is 0.478 e. The number of amides is 1. The average molecular weight is 329 g/mol. The Morgan fingerprint density at radius 2 is 2.00 bits per heavy atom. The fraction of sp³-hybridized carbons (Fsp3) is 0.353. The number of aromatic nitrogens is 2. The molecule has 0 radical (unpaired) electrons. The topological polar surface area (TPSA) is 95.7 Å². The Hall–Kier alpha value is -2.67. The standard InChI is InChI=1S/C17H19N3O4/c1-12-2-4-14(5-3-12)17(24)6-7-19(11-17)15(21)10-20-9-13(8-18-20)16(22)23/h2-5,8-9,24H,6-7,10-11H2,1H3,(H,22,23). The van der Waals surface area contributed by atoms with Crippen LogP contribution >= 0.6 is 0 Å². The van der Waals surface area contributed by atoms with Gasteiger partial charge in [0, 0.05) is 12.7 Å². The Morgan fingerprint density at radius 3 is 2.62 bits per heavy atom. The Kier molecular flexibility index (Phi) is 4.11. The molecule has 7 nitrogen and oxygen atoms in total. The average Bonchev–Trinajstić information content (AvgIpc) is 3.16. The zero-order valence-corrected chi connectivity index (χ0v) is 13.3. The van der Waals surface area contributed by atoms with E-state index < -0.39 is 11.6 Å². The van der Waals surface area contributed by atoms with Crippen molar-refractivity contribution in [2.45, 2.75) is 25.5 Å². The second kappa shape index (κ2) is 6.09. The van der Waals surface area contributed by atoms with Crippen LogP contribution in [0.25, 0.3) is 0 Å². The normalized spacial score (nSPS) is 20.3. The predicted octanol–water partition coefficient (Wildman–Crippen LogP) is 1.01. The van der Waals surface area contributed by atoms with Gasteiger partial charge in [-0.25, -0.2) is 4.79 Å². The summed E-state index contributed by atoms with van der Waals surface area (Å²) >= 11 is 0. The number of aliphatic hydroxyl groups is 1. The van der Waals surface area contributed by atoms with Gasteiger partial charge in [0.2, 0.25) is 5.91 Å². The van der Waals surface area contributed by atoms with Crippen LogP contribution in [0.3, 0.4) is 0 Å². The van der Waals surface area contributed by atoms with Gasteiger partial charge in [-0.05, 0) is 18.9 Å². The molecule has 2 aromatic rings. The summed E-state index contributed by atoms with van der Waals surface area (Å²) < 4.78 is 1.30. The quantitative estimate of drug-likeness (QED) is 0.873. The molecule has 1 fully saturated rings. The lowest BCUT2D eigenvalue weighted by Gasteiger charge is -2.24. The second-order valence-electron chi connectivity index (χ2n) is 6.19. The van der Waals surface area contributed by atoms with E-state index in [0.29, 0.717) is 13.0 Å². The number of carboxylic acid groups (broad SMARTS) is 1. The number of aryl methyl sites for hydroxylation is 1. The van der Waals surface area contributed by atoms with Crippen molar-refractivity contribution < 1.29 is 19.8 Å². The fourth-order valence-electron chi connectivity index (χ4n) is 2.91. The predicted molar refractivity (Wildman–Crippen MR) is 85.5 cm³/mol. The van der Waals surface area contributed by atoms with E-state index in [0.717, 1.165) is 11.1 Å². The molecule has 0 aliphatic carbocycles. The molecule has 2 N–H and O–H groups in total. The van der Waals surface area contributed by atoms with E-state index in [2.05, 4.69) is 5.10 Å². The van der Waals surface area contributed by atoms with Crippen LogP contribution in [0.15, 0.2) is 36.7 Å². The third kappa shape index (κ3) is 3.16. The van der Waals surface area contributed by atoms with Gasteiger partial charge in [0.25, 0.3) is 0 Å². The van der Waals surface area contributed by atoms with Crippen LogP contribution < -0.4 is 0 Å². The van der Waals surface area contributed by atoms with Gasteiger partial charge in [0.05, 0.1) is 18.3 Å². The highest BCUT2D eigenvalue weighted by atomic mass is 16.4. The maximum atomic E-state index is 12.4. The molecule has 1 saturated heterocycles. The SMILES string of the molecule is Cc1ccc(C2(O)CCN(C(=O)Cn3cc(C(=O)O)cn3)C2)cc1. The zero-order valence-electron chi connectivity index (χ0n) is 13.3. The molecule has 1 atom stereocenters. The summed E-state index contributed by atoms with van der Waals surface area (Å²) in [7, 11) is 0. The van der Waals surface area contributed by atoms with Crippen molar-refractivity contribution >= 4 is 11.9 Å². The van der Waals surface area contributed by atoms with Crippen molar-refractivity contribution in [2.24, 2.45) is 0 Å². The van der Waals surface area contributed by atoms with Gasteiger partial charge in [-0.1, -0.05) is 29.8 Å². The molecular formula is C17H19N3O4. The van der Waals surface area contributed by atoms with Gasteiger partial charge in [0.1, 0.15) is 12.1 Å². The minimum absolute atomic E-state index is 0.0420. The van der Waals surface area contributed by atoms with Gasteiger partial charge in [-0.2, -0.15) is 5.10 Å². The summed E-state index contributed by atoms with van der Waals surface area (Å²) in [5, 5.41) is 23.6. The van der Waals surface area contributed by atoms with Crippen LogP contribution in [0.1, 0.15) is 27.9 Å². The van der Waals surface area contributed by atoms with Crippen LogP contribution in [0.5, 0.6) is 0 Å². The summed E-state index contributed by atoms with van der Waals surface area (Å²) in [6.07, 6.45) is 3.01. The number of benzene rings is 1. The van der Waals surface area contributed by atoms with Crippen LogP contribution in [-0.4, -0.2) is 49.9 Å². The molecule has 0 bridgehead atoms. The number of likely N-dealkylation sites (tertiary alicyclic amines) is 1. The molecule has 0 saturated carbocycles. The van der Waals surface area contributed by atoms with Crippen LogP contribution in [0.4, 0.5) is 0 Å². The molecule has 7 heteroatoms. The van der Waals surface area contributed by atoms with Gasteiger partial charge < -0.3 is 15.1 Å². The van der Waals surface area contributed by atoms with Gasteiger partial charge in [-0.15, -0.1) is 0 Å². The number of hydrogen-bond acceptors (Lipinski definition) is 4. The second-order valence-corrected chi connectivity index (χ2v) is 6.19. The Bertz CT molecular complexity index is 768. The number of carbonyl (C=O) groups is 2. The van der Waals surface area contributed by atoms with Crippen molar-refractivity contribution in [3.63, 3.8) is 0 Å². The zero-order chi connectivity index (χ0) is 17.3. The molecule has 1 aromatic carbocycles. The lowest BCUT2D eigenvalue weighted by molar-refractivity contribution is -0.132. The van der Waals surface area contributed by atoms with E-state index in [1.807, 2.05) is 31.2 Å². The number of rotatable bonds is 4. The van der Waals surface area contributed by atoms with Crippen molar-refractivity contribution in [1.82, 2.24) is 14.7 Å². The molecule has 1 unspecified atom stereocenters. The number of hydrogen-bond donors (Lipinski definition) is 2. The maximum Gasteiger partial charge on any atom is 0.338 e. The minimum Gasteiger partial charge on any atom is -0.478 e. The third-order valence-corrected chi connectivity index (χ3v) is 4.37. The van der Waals surface area contributed by atoms with Crippen LogP contribution in [-0.2, 0) is 16.9 Å². The van der Waals surface area contributed by atoms with E-state index in [1.165, 1.54) is 17.1 Å². The fourth-order valence-corrected chi connectivity index (χ4v) is 2.91.